The van der Waals surface area contributed by atoms with Crippen LogP contribution in [-0.2, 0) is 6.54 Å². The molecule has 0 aromatic heterocycles. The van der Waals surface area contributed by atoms with Crippen LogP contribution in [0, 0.1) is 0 Å². The number of likely N-dealkylation sites (tertiary alicyclic amines) is 1. The number of amides is 1. The average molecular weight is 428 g/mol. The second-order valence-corrected chi connectivity index (χ2v) is 6.50. The molecule has 1 atom stereocenters. The van der Waals surface area contributed by atoms with Gasteiger partial charge in [-0.1, -0.05) is 12.1 Å². The fourth-order valence-corrected chi connectivity index (χ4v) is 3.28. The van der Waals surface area contributed by atoms with Crippen molar-refractivity contribution in [2.75, 3.05) is 33.0 Å². The number of methoxy groups -OCH3 is 2. The molecule has 1 saturated heterocycles. The minimum atomic E-state index is -0.113. The first-order chi connectivity index (χ1) is 12.6. The van der Waals surface area contributed by atoms with E-state index in [0.29, 0.717) is 11.3 Å². The summed E-state index contributed by atoms with van der Waals surface area (Å²) in [7, 11) is 3.30. The first-order valence-electron chi connectivity index (χ1n) is 8.68. The zero-order valence-corrected chi connectivity index (χ0v) is 17.6. The van der Waals surface area contributed by atoms with Crippen molar-refractivity contribution in [3.8, 4) is 11.5 Å². The Labute approximate surface area is 178 Å². The number of nitrogen functional groups attached to an aromatic ring is 1. The fourth-order valence-electron chi connectivity index (χ4n) is 3.28. The standard InChI is InChI=1S/C20H25N3O3.2ClH/c1-25-16-9-14(10-17(11-16)26-2)12-23-8-7-15(13-23)22-20(24)18-5-3-4-6-19(18)21;;/h3-6,9-11,15H,7-8,12-13,21H2,1-2H3,(H,22,24);2*1H. The Morgan fingerprint density at radius 1 is 1.14 bits per heavy atom. The van der Waals surface area contributed by atoms with Crippen LogP contribution < -0.4 is 20.5 Å². The van der Waals surface area contributed by atoms with Crippen LogP contribution in [0.5, 0.6) is 11.5 Å². The van der Waals surface area contributed by atoms with E-state index >= 15 is 0 Å². The van der Waals surface area contributed by atoms with E-state index in [1.54, 1.807) is 26.4 Å². The van der Waals surface area contributed by atoms with E-state index in [-0.39, 0.29) is 36.8 Å². The summed E-state index contributed by atoms with van der Waals surface area (Å²) >= 11 is 0. The molecular formula is C20H27Cl2N3O3. The molecule has 1 unspecified atom stereocenters. The third-order valence-electron chi connectivity index (χ3n) is 4.63. The summed E-state index contributed by atoms with van der Waals surface area (Å²) in [6.07, 6.45) is 0.916. The predicted molar refractivity (Wildman–Crippen MR) is 116 cm³/mol. The highest BCUT2D eigenvalue weighted by atomic mass is 35.5. The molecule has 1 fully saturated rings. The summed E-state index contributed by atoms with van der Waals surface area (Å²) in [6, 6.07) is 13.1. The lowest BCUT2D eigenvalue weighted by Gasteiger charge is -2.18. The zero-order chi connectivity index (χ0) is 18.5. The molecule has 0 spiro atoms. The van der Waals surface area contributed by atoms with Gasteiger partial charge in [0.25, 0.3) is 5.91 Å². The molecule has 154 valence electrons. The Morgan fingerprint density at radius 2 is 1.79 bits per heavy atom. The molecule has 28 heavy (non-hydrogen) atoms. The maximum Gasteiger partial charge on any atom is 0.253 e. The molecule has 6 nitrogen and oxygen atoms in total. The SMILES string of the molecule is COc1cc(CN2CCC(NC(=O)c3ccccc3N)C2)cc(OC)c1.Cl.Cl. The van der Waals surface area contributed by atoms with Gasteiger partial charge < -0.3 is 20.5 Å². The third-order valence-corrected chi connectivity index (χ3v) is 4.63. The number of ether oxygens (including phenoxy) is 2. The van der Waals surface area contributed by atoms with Gasteiger partial charge in [-0.15, -0.1) is 24.8 Å². The van der Waals surface area contributed by atoms with Crippen molar-refractivity contribution in [3.05, 3.63) is 53.6 Å². The topological polar surface area (TPSA) is 76.8 Å². The number of carbonyl (C=O) groups excluding carboxylic acids is 1. The molecule has 0 aliphatic carbocycles. The van der Waals surface area contributed by atoms with Gasteiger partial charge >= 0.3 is 0 Å². The largest absolute Gasteiger partial charge is 0.497 e. The number of hydrogen-bond acceptors (Lipinski definition) is 5. The average Bonchev–Trinajstić information content (AvgIpc) is 3.08. The summed E-state index contributed by atoms with van der Waals surface area (Å²) in [6.45, 7) is 2.51. The van der Waals surface area contributed by atoms with E-state index in [2.05, 4.69) is 10.2 Å². The number of rotatable bonds is 6. The van der Waals surface area contributed by atoms with Gasteiger partial charge in [0.05, 0.1) is 19.8 Å². The summed E-state index contributed by atoms with van der Waals surface area (Å²) < 4.78 is 10.7. The second-order valence-electron chi connectivity index (χ2n) is 6.50. The van der Waals surface area contributed by atoms with Crippen LogP contribution in [0.3, 0.4) is 0 Å². The maximum absolute atomic E-state index is 12.4. The van der Waals surface area contributed by atoms with Crippen LogP contribution in [0.1, 0.15) is 22.3 Å². The maximum atomic E-state index is 12.4. The van der Waals surface area contributed by atoms with Crippen molar-refractivity contribution in [2.24, 2.45) is 0 Å². The lowest BCUT2D eigenvalue weighted by molar-refractivity contribution is 0.0938. The number of halogens is 2. The van der Waals surface area contributed by atoms with Gasteiger partial charge in [0.1, 0.15) is 11.5 Å². The van der Waals surface area contributed by atoms with Gasteiger partial charge in [-0.25, -0.2) is 0 Å². The number of carbonyl (C=O) groups is 1. The molecule has 1 aliphatic rings. The molecule has 0 bridgehead atoms. The van der Waals surface area contributed by atoms with Crippen LogP contribution in [0.2, 0.25) is 0 Å². The molecule has 3 N–H and O–H groups in total. The highest BCUT2D eigenvalue weighted by molar-refractivity contribution is 5.99. The Balaban J connectivity index is 0.00000196. The van der Waals surface area contributed by atoms with Crippen LogP contribution in [0.4, 0.5) is 5.69 Å². The number of benzene rings is 2. The molecule has 1 heterocycles. The Hall–Kier alpha value is -2.15. The van der Waals surface area contributed by atoms with Crippen molar-refractivity contribution >= 4 is 36.4 Å². The summed E-state index contributed by atoms with van der Waals surface area (Å²) in [5, 5.41) is 3.09. The van der Waals surface area contributed by atoms with Gasteiger partial charge in [0.15, 0.2) is 0 Å². The minimum absolute atomic E-state index is 0. The van der Waals surface area contributed by atoms with Crippen molar-refractivity contribution in [1.82, 2.24) is 10.2 Å². The van der Waals surface area contributed by atoms with Crippen LogP contribution in [0.15, 0.2) is 42.5 Å². The van der Waals surface area contributed by atoms with E-state index in [1.807, 2.05) is 30.3 Å². The zero-order valence-electron chi connectivity index (χ0n) is 16.0. The van der Waals surface area contributed by atoms with E-state index < -0.39 is 0 Å². The molecule has 0 radical (unpaired) electrons. The molecular weight excluding hydrogens is 401 g/mol. The van der Waals surface area contributed by atoms with E-state index in [1.165, 1.54) is 0 Å². The Kier molecular flexibility index (Phi) is 9.38. The molecule has 1 aliphatic heterocycles. The number of hydrogen-bond donors (Lipinski definition) is 2. The highest BCUT2D eigenvalue weighted by Crippen LogP contribution is 2.24. The normalized spacial score (nSPS) is 15.9. The molecule has 8 heteroatoms. The highest BCUT2D eigenvalue weighted by Gasteiger charge is 2.25. The summed E-state index contributed by atoms with van der Waals surface area (Å²) in [4.78, 5) is 14.7. The third kappa shape index (κ3) is 5.92. The second kappa shape index (κ2) is 11.0. The minimum Gasteiger partial charge on any atom is -0.497 e. The molecule has 2 aromatic rings. The van der Waals surface area contributed by atoms with Crippen molar-refractivity contribution in [1.29, 1.82) is 0 Å². The predicted octanol–water partition coefficient (Wildman–Crippen LogP) is 3.13. The first-order valence-corrected chi connectivity index (χ1v) is 8.68. The first kappa shape index (κ1) is 23.9. The Morgan fingerprint density at radius 3 is 2.39 bits per heavy atom. The number of nitrogens with one attached hydrogen (secondary N) is 1. The van der Waals surface area contributed by atoms with Gasteiger partial charge in [-0.2, -0.15) is 0 Å². The molecule has 0 saturated carbocycles. The smallest absolute Gasteiger partial charge is 0.253 e. The van der Waals surface area contributed by atoms with E-state index in [9.17, 15) is 4.79 Å². The lowest BCUT2D eigenvalue weighted by atomic mass is 10.1. The van der Waals surface area contributed by atoms with Crippen molar-refractivity contribution in [2.45, 2.75) is 19.0 Å². The molecule has 2 aromatic carbocycles. The number of nitrogens with zero attached hydrogens (tertiary/aromatic N) is 1. The molecule has 1 amide bonds. The summed E-state index contributed by atoms with van der Waals surface area (Å²) in [5.74, 6) is 1.45. The van der Waals surface area contributed by atoms with Gasteiger partial charge in [-0.05, 0) is 36.2 Å². The van der Waals surface area contributed by atoms with Crippen LogP contribution >= 0.6 is 24.8 Å². The van der Waals surface area contributed by atoms with Crippen LogP contribution in [-0.4, -0.2) is 44.2 Å². The summed E-state index contributed by atoms with van der Waals surface area (Å²) in [5.41, 5.74) is 8.04. The Bertz CT molecular complexity index is 767. The quantitative estimate of drug-likeness (QED) is 0.692. The molecule has 3 rings (SSSR count). The van der Waals surface area contributed by atoms with Crippen LogP contribution in [0.25, 0.3) is 0 Å². The van der Waals surface area contributed by atoms with Gasteiger partial charge in [-0.3, -0.25) is 9.69 Å². The monoisotopic (exact) mass is 427 g/mol. The lowest BCUT2D eigenvalue weighted by Crippen LogP contribution is -2.37. The van der Waals surface area contributed by atoms with E-state index in [4.69, 9.17) is 15.2 Å². The van der Waals surface area contributed by atoms with E-state index in [0.717, 1.165) is 43.1 Å². The van der Waals surface area contributed by atoms with Gasteiger partial charge in [0, 0.05) is 37.4 Å². The number of anilines is 1. The van der Waals surface area contributed by atoms with Gasteiger partial charge in [0.2, 0.25) is 0 Å². The fraction of sp³-hybridized carbons (Fsp3) is 0.350. The van der Waals surface area contributed by atoms with Crippen molar-refractivity contribution in [3.63, 3.8) is 0 Å². The number of para-hydroxylation sites is 1. The van der Waals surface area contributed by atoms with Crippen molar-refractivity contribution < 1.29 is 14.3 Å². The number of nitrogens with two attached hydrogens (primary N) is 1.